The van der Waals surface area contributed by atoms with Crippen LogP contribution >= 0.6 is 0 Å². The van der Waals surface area contributed by atoms with Gasteiger partial charge in [0.05, 0.1) is 0 Å². The highest BCUT2D eigenvalue weighted by Gasteiger charge is 2.33. The average Bonchev–Trinajstić information content (AvgIpc) is 3.30. The summed E-state index contributed by atoms with van der Waals surface area (Å²) in [5.41, 5.74) is 19.3. The molecule has 0 spiro atoms. The smallest absolute Gasteiger partial charge is 0.00270 e. The molecular formula is C36H32. The molecule has 9 rings (SSSR count). The molecule has 0 aliphatic heterocycles. The minimum absolute atomic E-state index is 0.554. The van der Waals surface area contributed by atoms with Gasteiger partial charge in [0.25, 0.3) is 0 Å². The summed E-state index contributed by atoms with van der Waals surface area (Å²) in [5.74, 6) is 2.22. The van der Waals surface area contributed by atoms with E-state index >= 15 is 0 Å². The monoisotopic (exact) mass is 464 g/mol. The summed E-state index contributed by atoms with van der Waals surface area (Å²) in [6.07, 6.45) is 39.9. The van der Waals surface area contributed by atoms with Crippen molar-refractivity contribution in [3.8, 4) is 0 Å². The maximum atomic E-state index is 2.62. The van der Waals surface area contributed by atoms with E-state index in [1.165, 1.54) is 25.7 Å². The predicted molar refractivity (Wildman–Crippen MR) is 148 cm³/mol. The van der Waals surface area contributed by atoms with E-state index < -0.39 is 0 Å². The molecule has 0 aromatic rings. The Hall–Kier alpha value is -3.12. The highest BCUT2D eigenvalue weighted by atomic mass is 14.4. The first-order chi connectivity index (χ1) is 17.7. The lowest BCUT2D eigenvalue weighted by atomic mass is 9.76. The topological polar surface area (TPSA) is 0 Å². The van der Waals surface area contributed by atoms with Gasteiger partial charge in [0, 0.05) is 23.7 Å². The Bertz CT molecular complexity index is 1290. The van der Waals surface area contributed by atoms with Crippen molar-refractivity contribution in [2.24, 2.45) is 23.7 Å². The van der Waals surface area contributed by atoms with Crippen molar-refractivity contribution >= 4 is 0 Å². The Kier molecular flexibility index (Phi) is 4.01. The molecule has 0 aromatic heterocycles. The zero-order valence-electron chi connectivity index (χ0n) is 20.9. The van der Waals surface area contributed by atoms with Crippen LogP contribution in [0, 0.1) is 23.7 Å². The lowest BCUT2D eigenvalue weighted by molar-refractivity contribution is 0.691. The van der Waals surface area contributed by atoms with E-state index in [0.29, 0.717) is 23.7 Å². The molecule has 0 saturated carbocycles. The molecule has 9 aliphatic carbocycles. The van der Waals surface area contributed by atoms with Crippen LogP contribution in [0.1, 0.15) is 51.4 Å². The zero-order valence-corrected chi connectivity index (χ0v) is 20.9. The molecule has 36 heavy (non-hydrogen) atoms. The van der Waals surface area contributed by atoms with Crippen LogP contribution in [0.5, 0.6) is 0 Å². The van der Waals surface area contributed by atoms with Gasteiger partial charge in [-0.2, -0.15) is 0 Å². The fourth-order valence-corrected chi connectivity index (χ4v) is 8.35. The SMILES string of the molecule is C1=CC2CC3=C4C=C2CC2=C1CC1C=CC5=C(C=C6CC7=C(C=CC6C5)CC(C=C3)C(=C7)C4)CC1=C2. The van der Waals surface area contributed by atoms with Gasteiger partial charge in [-0.3, -0.25) is 0 Å². The summed E-state index contributed by atoms with van der Waals surface area (Å²) in [6.45, 7) is 0. The molecule has 0 saturated heterocycles. The Morgan fingerprint density at radius 3 is 0.833 bits per heavy atom. The summed E-state index contributed by atoms with van der Waals surface area (Å²) < 4.78 is 0. The van der Waals surface area contributed by atoms with E-state index in [9.17, 15) is 0 Å². The first-order valence-corrected chi connectivity index (χ1v) is 14.2. The van der Waals surface area contributed by atoms with Gasteiger partial charge in [-0.1, -0.05) is 95.2 Å². The van der Waals surface area contributed by atoms with Crippen LogP contribution in [0.15, 0.2) is 140 Å². The van der Waals surface area contributed by atoms with Crippen molar-refractivity contribution in [1.82, 2.24) is 0 Å². The standard InChI is InChI=1S/C36H32/c1-2-22-10-24-5-6-26-12-28-8-7-27-11-25-4-3-23-9-21(1)29-13-30(22)18-32(24)15-34(26)20-36(28)16-35(27)19-33(25)14-31(23)17-29/h1-8,17-21,24-25,28H,9-16H2. The van der Waals surface area contributed by atoms with Gasteiger partial charge in [0.1, 0.15) is 0 Å². The van der Waals surface area contributed by atoms with Crippen molar-refractivity contribution in [2.45, 2.75) is 51.4 Å². The number of hydrogen-bond acceptors (Lipinski definition) is 0. The molecule has 176 valence electrons. The highest BCUT2D eigenvalue weighted by Crippen LogP contribution is 2.49. The van der Waals surface area contributed by atoms with E-state index in [2.05, 4.69) is 72.9 Å². The van der Waals surface area contributed by atoms with Gasteiger partial charge in [0.2, 0.25) is 0 Å². The molecule has 0 heteroatoms. The third kappa shape index (κ3) is 2.94. The normalized spacial score (nSPS) is 34.7. The van der Waals surface area contributed by atoms with Crippen LogP contribution in [0.2, 0.25) is 0 Å². The second-order valence-corrected chi connectivity index (χ2v) is 12.5. The van der Waals surface area contributed by atoms with Gasteiger partial charge in [-0.05, 0) is 96.0 Å². The second-order valence-electron chi connectivity index (χ2n) is 12.5. The van der Waals surface area contributed by atoms with Crippen LogP contribution in [-0.2, 0) is 0 Å². The quantitative estimate of drug-likeness (QED) is 0.336. The molecule has 0 fully saturated rings. The van der Waals surface area contributed by atoms with Crippen molar-refractivity contribution in [3.05, 3.63) is 140 Å². The van der Waals surface area contributed by atoms with E-state index in [4.69, 9.17) is 0 Å². The number of allylic oxidation sites excluding steroid dienone is 24. The van der Waals surface area contributed by atoms with E-state index in [1.54, 1.807) is 66.9 Å². The van der Waals surface area contributed by atoms with Crippen molar-refractivity contribution < 1.29 is 0 Å². The number of rotatable bonds is 0. The molecule has 0 heterocycles. The first-order valence-electron chi connectivity index (χ1n) is 14.2. The van der Waals surface area contributed by atoms with Crippen LogP contribution in [0.4, 0.5) is 0 Å². The van der Waals surface area contributed by atoms with Gasteiger partial charge in [0.15, 0.2) is 0 Å². The molecule has 4 atom stereocenters. The first kappa shape index (κ1) is 20.0. The second kappa shape index (κ2) is 7.22. The van der Waals surface area contributed by atoms with Crippen LogP contribution in [0.25, 0.3) is 0 Å². The van der Waals surface area contributed by atoms with Gasteiger partial charge >= 0.3 is 0 Å². The minimum Gasteiger partial charge on any atom is -0.0767 e. The Labute approximate surface area is 214 Å². The van der Waals surface area contributed by atoms with Gasteiger partial charge < -0.3 is 0 Å². The summed E-state index contributed by atoms with van der Waals surface area (Å²) in [5, 5.41) is 0. The van der Waals surface area contributed by atoms with Crippen molar-refractivity contribution in [3.63, 3.8) is 0 Å². The van der Waals surface area contributed by atoms with Crippen molar-refractivity contribution in [1.29, 1.82) is 0 Å². The maximum absolute atomic E-state index is 2.62. The summed E-state index contributed by atoms with van der Waals surface area (Å²) >= 11 is 0. The average molecular weight is 465 g/mol. The number of hydrogen-bond donors (Lipinski definition) is 0. The predicted octanol–water partition coefficient (Wildman–Crippen LogP) is 8.81. The third-order valence-corrected chi connectivity index (χ3v) is 10.4. The fourth-order valence-electron chi connectivity index (χ4n) is 8.35. The summed E-state index contributed by atoms with van der Waals surface area (Å²) in [4.78, 5) is 0. The van der Waals surface area contributed by atoms with Crippen LogP contribution < -0.4 is 0 Å². The van der Waals surface area contributed by atoms with Gasteiger partial charge in [-0.15, -0.1) is 0 Å². The largest absolute Gasteiger partial charge is 0.0767 e. The Morgan fingerprint density at radius 1 is 0.333 bits per heavy atom. The lowest BCUT2D eigenvalue weighted by Crippen LogP contribution is -2.13. The fraction of sp³-hybridized carbons (Fsp3) is 0.333. The summed E-state index contributed by atoms with van der Waals surface area (Å²) in [6, 6.07) is 0. The minimum atomic E-state index is 0.554. The lowest BCUT2D eigenvalue weighted by Gasteiger charge is -2.29. The Morgan fingerprint density at radius 2 is 0.583 bits per heavy atom. The molecule has 9 aliphatic rings. The van der Waals surface area contributed by atoms with Gasteiger partial charge in [-0.25, -0.2) is 0 Å². The van der Waals surface area contributed by atoms with Crippen molar-refractivity contribution in [2.75, 3.05) is 0 Å². The zero-order chi connectivity index (χ0) is 23.4. The van der Waals surface area contributed by atoms with E-state index in [1.807, 2.05) is 0 Å². The molecule has 0 nitrogen and oxygen atoms in total. The van der Waals surface area contributed by atoms with Crippen LogP contribution in [0.3, 0.4) is 0 Å². The molecule has 8 bridgehead atoms. The maximum Gasteiger partial charge on any atom is 0.00270 e. The van der Waals surface area contributed by atoms with E-state index in [-0.39, 0.29) is 0 Å². The molecule has 0 aromatic carbocycles. The molecule has 0 amide bonds. The molecule has 0 N–H and O–H groups in total. The van der Waals surface area contributed by atoms with E-state index in [0.717, 1.165) is 25.7 Å². The van der Waals surface area contributed by atoms with Crippen LogP contribution in [-0.4, -0.2) is 0 Å². The molecular weight excluding hydrogens is 432 g/mol. The Balaban J connectivity index is 1.27. The molecule has 0 radical (unpaired) electrons. The molecule has 4 unspecified atom stereocenters. The summed E-state index contributed by atoms with van der Waals surface area (Å²) in [7, 11) is 0. The highest BCUT2D eigenvalue weighted by molar-refractivity contribution is 5.58. The third-order valence-electron chi connectivity index (χ3n) is 10.4.